The number of nitro groups is 1. The van der Waals surface area contributed by atoms with Crippen LogP contribution in [0, 0.1) is 10.1 Å². The Bertz CT molecular complexity index is 577. The first kappa shape index (κ1) is 21.2. The number of hydrogen-bond donors (Lipinski definition) is 4. The second-order valence-corrected chi connectivity index (χ2v) is 6.49. The molecule has 0 bridgehead atoms. The smallest absolute Gasteiger partial charge is 0.355 e. The number of likely N-dealkylation sites (N-methyl/N-ethyl adjacent to an activating group) is 1. The summed E-state index contributed by atoms with van der Waals surface area (Å²) in [5.41, 5.74) is 9.55. The molecule has 10 heteroatoms. The Hall–Kier alpha value is -2.14. The fourth-order valence-corrected chi connectivity index (χ4v) is 2.89. The van der Waals surface area contributed by atoms with E-state index in [9.17, 15) is 10.1 Å². The molecule has 2 aliphatic rings. The van der Waals surface area contributed by atoms with E-state index in [0.29, 0.717) is 5.70 Å². The number of nitrogens with two attached hydrogens (primary N) is 1. The summed E-state index contributed by atoms with van der Waals surface area (Å²) < 4.78 is 0. The van der Waals surface area contributed by atoms with Crippen LogP contribution in [0.15, 0.2) is 35.6 Å². The molecule has 0 aromatic carbocycles. The van der Waals surface area contributed by atoms with Crippen LogP contribution >= 0.6 is 0 Å². The van der Waals surface area contributed by atoms with Gasteiger partial charge in [-0.05, 0) is 74.5 Å². The Labute approximate surface area is 160 Å². The quantitative estimate of drug-likeness (QED) is 0.190. The number of unbranched alkanes of at least 4 members (excludes halogenated alkanes) is 1. The number of hydrogen-bond acceptors (Lipinski definition) is 9. The third-order valence-corrected chi connectivity index (χ3v) is 4.38. The summed E-state index contributed by atoms with van der Waals surface area (Å²) in [4.78, 5) is 17.8. The largest absolute Gasteiger partial charge is 0.371 e. The van der Waals surface area contributed by atoms with E-state index < -0.39 is 4.92 Å². The van der Waals surface area contributed by atoms with Crippen LogP contribution in [0.5, 0.6) is 0 Å². The molecule has 0 unspecified atom stereocenters. The van der Waals surface area contributed by atoms with Gasteiger partial charge in [0.15, 0.2) is 0 Å². The zero-order valence-corrected chi connectivity index (χ0v) is 15.9. The highest BCUT2D eigenvalue weighted by atomic mass is 16.8. The summed E-state index contributed by atoms with van der Waals surface area (Å²) >= 11 is 0. The first-order valence-corrected chi connectivity index (χ1v) is 9.47. The molecule has 0 aromatic heterocycles. The van der Waals surface area contributed by atoms with Gasteiger partial charge in [0.25, 0.3) is 0 Å². The van der Waals surface area contributed by atoms with Crippen LogP contribution in [0.25, 0.3) is 0 Å². The number of fused-ring (bicyclic) bond motifs is 1. The average molecular weight is 381 g/mol. The Kier molecular flexibility index (Phi) is 9.05. The van der Waals surface area contributed by atoms with E-state index in [2.05, 4.69) is 21.0 Å². The molecule has 0 saturated carbocycles. The zero-order valence-electron chi connectivity index (χ0n) is 15.9. The molecule has 10 nitrogen and oxygen atoms in total. The van der Waals surface area contributed by atoms with Crippen LogP contribution in [0.4, 0.5) is 0 Å². The van der Waals surface area contributed by atoms with Crippen LogP contribution in [-0.2, 0) is 4.94 Å². The number of allylic oxidation sites excluding steroid dienone is 2. The van der Waals surface area contributed by atoms with Crippen LogP contribution in [0.2, 0.25) is 0 Å². The predicted octanol–water partition coefficient (Wildman–Crippen LogP) is 0.225. The van der Waals surface area contributed by atoms with Gasteiger partial charge in [-0.1, -0.05) is 4.94 Å². The zero-order chi connectivity index (χ0) is 19.5. The van der Waals surface area contributed by atoms with E-state index in [1.807, 2.05) is 7.05 Å². The summed E-state index contributed by atoms with van der Waals surface area (Å²) in [6, 6.07) is 0. The average Bonchev–Trinajstić information content (AvgIpc) is 3.14. The van der Waals surface area contributed by atoms with Gasteiger partial charge in [-0.15, -0.1) is 0 Å². The lowest BCUT2D eigenvalue weighted by atomic mass is 10.2. The topological polar surface area (TPSA) is 121 Å². The van der Waals surface area contributed by atoms with Crippen molar-refractivity contribution < 1.29 is 9.86 Å². The van der Waals surface area contributed by atoms with E-state index in [1.54, 1.807) is 12.3 Å². The van der Waals surface area contributed by atoms with Gasteiger partial charge in [0.05, 0.1) is 11.9 Å². The number of nitrogens with one attached hydrogen (secondary N) is 3. The number of rotatable bonds is 14. The molecule has 0 fully saturated rings. The minimum Gasteiger partial charge on any atom is -0.371 e. The van der Waals surface area contributed by atoms with Crippen molar-refractivity contribution >= 4 is 0 Å². The fourth-order valence-electron chi connectivity index (χ4n) is 2.89. The predicted molar refractivity (Wildman–Crippen MR) is 103 cm³/mol. The molecular formula is C17H31N7O3. The maximum absolute atomic E-state index is 11.1. The molecule has 0 atom stereocenters. The first-order chi connectivity index (χ1) is 13.1. The summed E-state index contributed by atoms with van der Waals surface area (Å²) in [5, 5.41) is 19.1. The third-order valence-electron chi connectivity index (χ3n) is 4.38. The Morgan fingerprint density at radius 2 is 1.85 bits per heavy atom. The minimum atomic E-state index is -0.466. The van der Waals surface area contributed by atoms with Gasteiger partial charge in [0, 0.05) is 19.7 Å². The molecule has 5 N–H and O–H groups in total. The molecule has 2 aliphatic heterocycles. The molecule has 0 radical (unpaired) electrons. The lowest BCUT2D eigenvalue weighted by molar-refractivity contribution is -0.465. The van der Waals surface area contributed by atoms with Crippen LogP contribution < -0.4 is 21.8 Å². The summed E-state index contributed by atoms with van der Waals surface area (Å²) in [6.07, 6.45) is 9.15. The monoisotopic (exact) mass is 381 g/mol. The second-order valence-electron chi connectivity index (χ2n) is 6.49. The van der Waals surface area contributed by atoms with Gasteiger partial charge in [-0.2, -0.15) is 0 Å². The molecule has 0 spiro atoms. The minimum absolute atomic E-state index is 0.109. The van der Waals surface area contributed by atoms with Gasteiger partial charge in [-0.3, -0.25) is 0 Å². The van der Waals surface area contributed by atoms with E-state index >= 15 is 0 Å². The van der Waals surface area contributed by atoms with Crippen molar-refractivity contribution in [3.8, 4) is 0 Å². The highest BCUT2D eigenvalue weighted by Crippen LogP contribution is 2.29. The number of hydroxylamine groups is 3. The van der Waals surface area contributed by atoms with Crippen molar-refractivity contribution in [2.75, 3.05) is 46.3 Å². The SMILES string of the molecule is CN(CCCNCCCCNCCCN)C1=CC=C([N+](=O)[O-])N2ONC=C12. The molecular weight excluding hydrogens is 350 g/mol. The van der Waals surface area contributed by atoms with Crippen LogP contribution in [-0.4, -0.2) is 61.2 Å². The van der Waals surface area contributed by atoms with Crippen molar-refractivity contribution in [1.82, 2.24) is 26.1 Å². The molecule has 0 aromatic rings. The van der Waals surface area contributed by atoms with Gasteiger partial charge >= 0.3 is 5.82 Å². The summed E-state index contributed by atoms with van der Waals surface area (Å²) in [6.45, 7) is 5.57. The molecule has 2 heterocycles. The second kappa shape index (κ2) is 11.5. The van der Waals surface area contributed by atoms with Crippen molar-refractivity contribution in [1.29, 1.82) is 0 Å². The summed E-state index contributed by atoms with van der Waals surface area (Å²) in [7, 11) is 1.97. The van der Waals surface area contributed by atoms with E-state index in [4.69, 9.17) is 10.7 Å². The van der Waals surface area contributed by atoms with E-state index in [1.165, 1.54) is 11.1 Å². The molecule has 0 aliphatic carbocycles. The van der Waals surface area contributed by atoms with Gasteiger partial charge < -0.3 is 31.4 Å². The van der Waals surface area contributed by atoms with Crippen LogP contribution in [0.1, 0.15) is 25.7 Å². The van der Waals surface area contributed by atoms with Crippen LogP contribution in [0.3, 0.4) is 0 Å². The highest BCUT2D eigenvalue weighted by molar-refractivity contribution is 5.37. The summed E-state index contributed by atoms with van der Waals surface area (Å²) in [5.74, 6) is -0.109. The standard InChI is InChI=1S/C17H31N7O3/c1-22(13-5-12-20-10-3-2-9-19-11-4-8-18)15-6-7-17(24(25)26)23-16(15)14-21-27-23/h6-7,14,19-21H,2-5,8-13,18H2,1H3. The van der Waals surface area contributed by atoms with Gasteiger partial charge in [0.2, 0.25) is 5.70 Å². The Balaban J connectivity index is 1.61. The van der Waals surface area contributed by atoms with Crippen molar-refractivity contribution in [3.05, 3.63) is 45.7 Å². The Morgan fingerprint density at radius 3 is 2.52 bits per heavy atom. The Morgan fingerprint density at radius 1 is 1.19 bits per heavy atom. The third kappa shape index (κ3) is 6.51. The fraction of sp³-hybridized carbons (Fsp3) is 0.647. The molecule has 0 amide bonds. The maximum atomic E-state index is 11.1. The van der Waals surface area contributed by atoms with Crippen molar-refractivity contribution in [2.45, 2.75) is 25.7 Å². The molecule has 0 saturated heterocycles. The van der Waals surface area contributed by atoms with Crippen molar-refractivity contribution in [2.24, 2.45) is 5.73 Å². The van der Waals surface area contributed by atoms with Gasteiger partial charge in [0.1, 0.15) is 0 Å². The lowest BCUT2D eigenvalue weighted by Gasteiger charge is -2.25. The number of nitrogens with zero attached hydrogens (tertiary/aromatic N) is 3. The molecule has 27 heavy (non-hydrogen) atoms. The van der Waals surface area contributed by atoms with E-state index in [-0.39, 0.29) is 5.82 Å². The molecule has 2 rings (SSSR count). The maximum Gasteiger partial charge on any atom is 0.355 e. The lowest BCUT2D eigenvalue weighted by Crippen LogP contribution is -2.33. The normalized spacial score (nSPS) is 15.6. The highest BCUT2D eigenvalue weighted by Gasteiger charge is 2.38. The van der Waals surface area contributed by atoms with Crippen molar-refractivity contribution in [3.63, 3.8) is 0 Å². The van der Waals surface area contributed by atoms with E-state index in [0.717, 1.165) is 70.6 Å². The molecule has 152 valence electrons. The first-order valence-electron chi connectivity index (χ1n) is 9.47. The van der Waals surface area contributed by atoms with Gasteiger partial charge in [-0.25, -0.2) is 5.48 Å².